The molecule has 68 valence electrons. The topological polar surface area (TPSA) is 45.0 Å². The average molecular weight is 194 g/mol. The fraction of sp³-hybridized carbons (Fsp3) is 0.444. The van der Waals surface area contributed by atoms with E-state index >= 15 is 0 Å². The third kappa shape index (κ3) is 1.89. The highest BCUT2D eigenvalue weighted by molar-refractivity contribution is 7.12. The maximum atomic E-state index is 8.65. The van der Waals surface area contributed by atoms with Crippen molar-refractivity contribution in [2.24, 2.45) is 0 Å². The van der Waals surface area contributed by atoms with Gasteiger partial charge in [-0.1, -0.05) is 0 Å². The van der Waals surface area contributed by atoms with Crippen LogP contribution in [0.25, 0.3) is 0 Å². The third-order valence-electron chi connectivity index (χ3n) is 1.98. The number of nitriles is 1. The number of hydrogen-bond donors (Lipinski definition) is 1. The summed E-state index contributed by atoms with van der Waals surface area (Å²) >= 11 is 1.51. The Morgan fingerprint density at radius 3 is 3.15 bits per heavy atom. The van der Waals surface area contributed by atoms with Crippen molar-refractivity contribution >= 4 is 11.3 Å². The fourth-order valence-electron chi connectivity index (χ4n) is 1.33. The average Bonchev–Trinajstić information content (AvgIpc) is 2.67. The highest BCUT2D eigenvalue weighted by atomic mass is 32.1. The van der Waals surface area contributed by atoms with Crippen molar-refractivity contribution in [2.45, 2.75) is 6.10 Å². The molecular formula is C9H10N2OS. The van der Waals surface area contributed by atoms with E-state index in [1.54, 1.807) is 0 Å². The molecule has 1 saturated heterocycles. The number of nitrogens with one attached hydrogen (secondary N) is 1. The molecule has 1 aromatic heterocycles. The first-order chi connectivity index (χ1) is 6.40. The molecule has 2 rings (SSSR count). The standard InChI is InChI=1S/C9H10N2OS/c10-5-7-1-2-9(13-7)8-6-11-3-4-12-8/h1-2,8,11H,3-4,6H2. The first-order valence-electron chi connectivity index (χ1n) is 4.22. The first-order valence-corrected chi connectivity index (χ1v) is 5.04. The first kappa shape index (κ1) is 8.70. The van der Waals surface area contributed by atoms with Gasteiger partial charge in [-0.2, -0.15) is 5.26 Å². The largest absolute Gasteiger partial charge is 0.370 e. The molecule has 1 N–H and O–H groups in total. The van der Waals surface area contributed by atoms with Crippen molar-refractivity contribution < 1.29 is 4.74 Å². The summed E-state index contributed by atoms with van der Waals surface area (Å²) in [6.45, 7) is 2.53. The fourth-order valence-corrected chi connectivity index (χ4v) is 2.19. The van der Waals surface area contributed by atoms with Gasteiger partial charge in [-0.25, -0.2) is 0 Å². The Balaban J connectivity index is 2.11. The van der Waals surface area contributed by atoms with Crippen LogP contribution < -0.4 is 5.32 Å². The van der Waals surface area contributed by atoms with Crippen LogP contribution in [-0.2, 0) is 4.74 Å². The van der Waals surface area contributed by atoms with E-state index in [2.05, 4.69) is 11.4 Å². The molecule has 0 amide bonds. The zero-order valence-electron chi connectivity index (χ0n) is 7.12. The van der Waals surface area contributed by atoms with Crippen LogP contribution in [0.2, 0.25) is 0 Å². The number of rotatable bonds is 1. The number of nitrogens with zero attached hydrogens (tertiary/aromatic N) is 1. The summed E-state index contributed by atoms with van der Waals surface area (Å²) < 4.78 is 5.56. The molecule has 0 saturated carbocycles. The summed E-state index contributed by atoms with van der Waals surface area (Å²) in [6.07, 6.45) is 0.140. The second kappa shape index (κ2) is 3.88. The van der Waals surface area contributed by atoms with E-state index in [4.69, 9.17) is 10.00 Å². The number of thiophene rings is 1. The molecule has 0 aromatic carbocycles. The molecule has 4 heteroatoms. The van der Waals surface area contributed by atoms with E-state index in [0.29, 0.717) is 0 Å². The smallest absolute Gasteiger partial charge is 0.110 e. The van der Waals surface area contributed by atoms with Crippen molar-refractivity contribution in [2.75, 3.05) is 19.7 Å². The van der Waals surface area contributed by atoms with E-state index < -0.39 is 0 Å². The predicted octanol–water partition coefficient (Wildman–Crippen LogP) is 1.28. The van der Waals surface area contributed by atoms with Crippen LogP contribution in [0.5, 0.6) is 0 Å². The molecule has 1 atom stereocenters. The van der Waals surface area contributed by atoms with Gasteiger partial charge in [0.2, 0.25) is 0 Å². The van der Waals surface area contributed by atoms with Crippen molar-refractivity contribution in [1.29, 1.82) is 5.26 Å². The van der Waals surface area contributed by atoms with Gasteiger partial charge in [-0.3, -0.25) is 0 Å². The molecule has 0 spiro atoms. The van der Waals surface area contributed by atoms with Gasteiger partial charge in [0.25, 0.3) is 0 Å². The monoisotopic (exact) mass is 194 g/mol. The lowest BCUT2D eigenvalue weighted by molar-refractivity contribution is 0.0299. The molecule has 13 heavy (non-hydrogen) atoms. The Labute approximate surface area is 80.9 Å². The van der Waals surface area contributed by atoms with E-state index in [9.17, 15) is 0 Å². The van der Waals surface area contributed by atoms with Crippen molar-refractivity contribution in [3.63, 3.8) is 0 Å². The molecule has 3 nitrogen and oxygen atoms in total. The molecule has 2 heterocycles. The van der Waals surface area contributed by atoms with Crippen LogP contribution in [0.1, 0.15) is 15.9 Å². The molecule has 0 aliphatic carbocycles. The Bertz CT molecular complexity index is 323. The third-order valence-corrected chi connectivity index (χ3v) is 3.06. The SMILES string of the molecule is N#Cc1ccc(C2CNCCO2)s1. The maximum absolute atomic E-state index is 8.65. The Kier molecular flexibility index (Phi) is 2.60. The number of hydrogen-bond acceptors (Lipinski definition) is 4. The summed E-state index contributed by atoms with van der Waals surface area (Å²) in [6, 6.07) is 5.95. The van der Waals surface area contributed by atoms with Gasteiger partial charge in [-0.15, -0.1) is 11.3 Å². The molecule has 1 aliphatic heterocycles. The van der Waals surface area contributed by atoms with E-state index in [-0.39, 0.29) is 6.10 Å². The molecule has 1 fully saturated rings. The molecule has 1 aromatic rings. The molecule has 1 aliphatic rings. The van der Waals surface area contributed by atoms with Gasteiger partial charge in [0, 0.05) is 18.0 Å². The van der Waals surface area contributed by atoms with Gasteiger partial charge < -0.3 is 10.1 Å². The lowest BCUT2D eigenvalue weighted by Crippen LogP contribution is -2.32. The van der Waals surface area contributed by atoms with E-state index in [0.717, 1.165) is 29.5 Å². The van der Waals surface area contributed by atoms with Gasteiger partial charge in [0.15, 0.2) is 0 Å². The highest BCUT2D eigenvalue weighted by Gasteiger charge is 2.17. The second-order valence-corrected chi connectivity index (χ2v) is 3.99. The van der Waals surface area contributed by atoms with E-state index in [1.807, 2.05) is 12.1 Å². The summed E-state index contributed by atoms with van der Waals surface area (Å²) in [7, 11) is 0. The van der Waals surface area contributed by atoms with Gasteiger partial charge in [0.05, 0.1) is 6.61 Å². The minimum absolute atomic E-state index is 0.140. The van der Waals surface area contributed by atoms with Gasteiger partial charge in [-0.05, 0) is 12.1 Å². The summed E-state index contributed by atoms with van der Waals surface area (Å²) in [5.74, 6) is 0. The Morgan fingerprint density at radius 1 is 1.62 bits per heavy atom. The van der Waals surface area contributed by atoms with Crippen LogP contribution in [-0.4, -0.2) is 19.7 Å². The maximum Gasteiger partial charge on any atom is 0.110 e. The zero-order chi connectivity index (χ0) is 9.10. The van der Waals surface area contributed by atoms with Crippen molar-refractivity contribution in [1.82, 2.24) is 5.32 Å². The molecule has 1 unspecified atom stereocenters. The molecule has 0 radical (unpaired) electrons. The summed E-state index contributed by atoms with van der Waals surface area (Å²) in [5.41, 5.74) is 0. The van der Waals surface area contributed by atoms with E-state index in [1.165, 1.54) is 11.3 Å². The number of ether oxygens (including phenoxy) is 1. The quantitative estimate of drug-likeness (QED) is 0.732. The summed E-state index contributed by atoms with van der Waals surface area (Å²) in [5, 5.41) is 11.9. The lowest BCUT2D eigenvalue weighted by atomic mass is 10.2. The van der Waals surface area contributed by atoms with Crippen LogP contribution in [0, 0.1) is 11.3 Å². The Morgan fingerprint density at radius 2 is 2.54 bits per heavy atom. The van der Waals surface area contributed by atoms with Crippen LogP contribution >= 0.6 is 11.3 Å². The normalized spacial score (nSPS) is 22.5. The summed E-state index contributed by atoms with van der Waals surface area (Å²) in [4.78, 5) is 1.90. The highest BCUT2D eigenvalue weighted by Crippen LogP contribution is 2.26. The van der Waals surface area contributed by atoms with Gasteiger partial charge >= 0.3 is 0 Å². The minimum atomic E-state index is 0.140. The predicted molar refractivity (Wildman–Crippen MR) is 50.6 cm³/mol. The second-order valence-electron chi connectivity index (χ2n) is 2.88. The van der Waals surface area contributed by atoms with Crippen LogP contribution in [0.4, 0.5) is 0 Å². The molecule has 0 bridgehead atoms. The van der Waals surface area contributed by atoms with Crippen molar-refractivity contribution in [3.8, 4) is 6.07 Å². The Hall–Kier alpha value is -0.890. The number of morpholine rings is 1. The zero-order valence-corrected chi connectivity index (χ0v) is 7.93. The minimum Gasteiger partial charge on any atom is -0.370 e. The van der Waals surface area contributed by atoms with Gasteiger partial charge in [0.1, 0.15) is 17.1 Å². The van der Waals surface area contributed by atoms with Crippen LogP contribution in [0.3, 0.4) is 0 Å². The lowest BCUT2D eigenvalue weighted by Gasteiger charge is -2.22. The van der Waals surface area contributed by atoms with Crippen molar-refractivity contribution in [3.05, 3.63) is 21.9 Å². The van der Waals surface area contributed by atoms with Crippen LogP contribution in [0.15, 0.2) is 12.1 Å². The molecular weight excluding hydrogens is 184 g/mol.